The van der Waals surface area contributed by atoms with Crippen LogP contribution in [0.4, 0.5) is 0 Å². The molecule has 1 saturated heterocycles. The molecule has 1 atom stereocenters. The van der Waals surface area contributed by atoms with Crippen LogP contribution < -0.4 is 5.32 Å². The van der Waals surface area contributed by atoms with Crippen molar-refractivity contribution < 1.29 is 4.79 Å². The molecule has 0 spiro atoms. The highest BCUT2D eigenvalue weighted by atomic mass is 32.1. The molecular weight excluding hydrogens is 136 g/mol. The Morgan fingerprint density at radius 1 is 1.89 bits per heavy atom. The number of Topliss-reactive ketones (excluding diaryl/α,β-unsaturated/α-hetero) is 1. The number of likely N-dealkylation sites (N-methyl/N-ethyl adjacent to an activating group) is 1. The second-order valence-electron chi connectivity index (χ2n) is 2.15. The van der Waals surface area contributed by atoms with Gasteiger partial charge >= 0.3 is 0 Å². The lowest BCUT2D eigenvalue weighted by Gasteiger charge is -2.04. The molecule has 1 aliphatic rings. The van der Waals surface area contributed by atoms with Gasteiger partial charge in [-0.2, -0.15) is 0 Å². The predicted octanol–water partition coefficient (Wildman–Crippen LogP) is -0.696. The van der Waals surface area contributed by atoms with Gasteiger partial charge in [0.05, 0.1) is 12.6 Å². The van der Waals surface area contributed by atoms with E-state index in [0.717, 1.165) is 6.54 Å². The van der Waals surface area contributed by atoms with Crippen LogP contribution in [0.25, 0.3) is 0 Å². The summed E-state index contributed by atoms with van der Waals surface area (Å²) in [6, 6.07) is 0.00231. The molecule has 0 amide bonds. The number of ketones is 1. The number of carbonyl (C=O) groups excluding carboxylic acids is 1. The van der Waals surface area contributed by atoms with Gasteiger partial charge in [-0.15, -0.1) is 0 Å². The Labute approximate surface area is 60.0 Å². The van der Waals surface area contributed by atoms with Crippen LogP contribution in [0, 0.1) is 0 Å². The zero-order valence-electron chi connectivity index (χ0n) is 5.29. The second kappa shape index (κ2) is 2.68. The minimum Gasteiger partial charge on any atom is -0.309 e. The van der Waals surface area contributed by atoms with Crippen LogP contribution in [0.2, 0.25) is 0 Å². The fraction of sp³-hybridized carbons (Fsp3) is 0.800. The van der Waals surface area contributed by atoms with Gasteiger partial charge in [0.1, 0.15) is 0 Å². The van der Waals surface area contributed by atoms with Crippen molar-refractivity contribution in [2.75, 3.05) is 20.1 Å². The van der Waals surface area contributed by atoms with E-state index in [0.29, 0.717) is 6.54 Å². The van der Waals surface area contributed by atoms with E-state index in [2.05, 4.69) is 18.1 Å². The molecule has 9 heavy (non-hydrogen) atoms. The molecule has 1 aliphatic heterocycles. The number of thiol groups is 1. The average Bonchev–Trinajstić information content (AvgIpc) is 2.10. The third-order valence-corrected chi connectivity index (χ3v) is 1.77. The standard InChI is InChI=1S/C5H10N2OS/c1-6-4-2-7(9)3-5(4)8/h4,6,9H,2-3H2,1H3. The van der Waals surface area contributed by atoms with Crippen LogP contribution in [0.15, 0.2) is 0 Å². The maximum atomic E-state index is 10.9. The summed E-state index contributed by atoms with van der Waals surface area (Å²) in [7, 11) is 1.79. The van der Waals surface area contributed by atoms with Gasteiger partial charge < -0.3 is 5.32 Å². The molecule has 3 nitrogen and oxygen atoms in total. The third-order valence-electron chi connectivity index (χ3n) is 1.47. The summed E-state index contributed by atoms with van der Waals surface area (Å²) >= 11 is 4.04. The quantitative estimate of drug-likeness (QED) is 0.480. The van der Waals surface area contributed by atoms with Crippen molar-refractivity contribution in [2.24, 2.45) is 0 Å². The lowest BCUT2D eigenvalue weighted by Crippen LogP contribution is -2.32. The molecule has 0 radical (unpaired) electrons. The summed E-state index contributed by atoms with van der Waals surface area (Å²) in [6.07, 6.45) is 0. The molecule has 1 N–H and O–H groups in total. The molecule has 1 unspecified atom stereocenters. The van der Waals surface area contributed by atoms with Gasteiger partial charge in [-0.05, 0) is 7.05 Å². The number of nitrogens with one attached hydrogen (secondary N) is 1. The predicted molar refractivity (Wildman–Crippen MR) is 38.4 cm³/mol. The highest BCUT2D eigenvalue weighted by Gasteiger charge is 2.26. The first-order valence-corrected chi connectivity index (χ1v) is 3.28. The molecule has 0 aromatic heterocycles. The van der Waals surface area contributed by atoms with Crippen LogP contribution in [0.1, 0.15) is 0 Å². The van der Waals surface area contributed by atoms with Gasteiger partial charge in [-0.1, -0.05) is 12.8 Å². The van der Waals surface area contributed by atoms with E-state index in [1.54, 1.807) is 11.4 Å². The summed E-state index contributed by atoms with van der Waals surface area (Å²) in [5, 5.41) is 2.90. The fourth-order valence-electron chi connectivity index (χ4n) is 0.919. The topological polar surface area (TPSA) is 32.3 Å². The number of carbonyl (C=O) groups is 1. The number of nitrogens with zero attached hydrogens (tertiary/aromatic N) is 1. The molecule has 4 heteroatoms. The van der Waals surface area contributed by atoms with E-state index >= 15 is 0 Å². The fourth-order valence-corrected chi connectivity index (χ4v) is 1.22. The lowest BCUT2D eigenvalue weighted by atomic mass is 10.2. The molecule has 1 rings (SSSR count). The van der Waals surface area contributed by atoms with Crippen molar-refractivity contribution in [1.29, 1.82) is 0 Å². The van der Waals surface area contributed by atoms with E-state index in [9.17, 15) is 4.79 Å². The van der Waals surface area contributed by atoms with Gasteiger partial charge in [-0.3, -0.25) is 4.79 Å². The van der Waals surface area contributed by atoms with Crippen molar-refractivity contribution in [1.82, 2.24) is 9.62 Å². The maximum absolute atomic E-state index is 10.9. The first kappa shape index (κ1) is 7.05. The van der Waals surface area contributed by atoms with Crippen molar-refractivity contribution in [3.63, 3.8) is 0 Å². The number of rotatable bonds is 1. The van der Waals surface area contributed by atoms with Crippen molar-refractivity contribution in [2.45, 2.75) is 6.04 Å². The SMILES string of the molecule is CNC1CN(S)CC1=O. The average molecular weight is 146 g/mol. The molecule has 0 bridgehead atoms. The Balaban J connectivity index is 2.48. The molecular formula is C5H10N2OS. The van der Waals surface area contributed by atoms with E-state index in [-0.39, 0.29) is 11.8 Å². The minimum atomic E-state index is 0.00231. The first-order valence-electron chi connectivity index (χ1n) is 2.88. The number of hydrogen-bond donors (Lipinski definition) is 2. The van der Waals surface area contributed by atoms with E-state index in [1.807, 2.05) is 0 Å². The van der Waals surface area contributed by atoms with Crippen molar-refractivity contribution in [3.05, 3.63) is 0 Å². The highest BCUT2D eigenvalue weighted by molar-refractivity contribution is 7.77. The van der Waals surface area contributed by atoms with Crippen LogP contribution in [0.5, 0.6) is 0 Å². The summed E-state index contributed by atoms with van der Waals surface area (Å²) in [6.45, 7) is 1.19. The zero-order valence-corrected chi connectivity index (χ0v) is 6.19. The highest BCUT2D eigenvalue weighted by Crippen LogP contribution is 2.06. The van der Waals surface area contributed by atoms with E-state index < -0.39 is 0 Å². The lowest BCUT2D eigenvalue weighted by molar-refractivity contribution is -0.118. The monoisotopic (exact) mass is 146 g/mol. The van der Waals surface area contributed by atoms with Crippen LogP contribution in [-0.2, 0) is 4.79 Å². The Kier molecular flexibility index (Phi) is 2.10. The summed E-state index contributed by atoms with van der Waals surface area (Å²) < 4.78 is 1.71. The molecule has 0 aromatic carbocycles. The van der Waals surface area contributed by atoms with E-state index in [1.165, 1.54) is 0 Å². The van der Waals surface area contributed by atoms with Crippen LogP contribution in [-0.4, -0.2) is 36.3 Å². The van der Waals surface area contributed by atoms with Gasteiger partial charge in [0.25, 0.3) is 0 Å². The molecule has 1 heterocycles. The van der Waals surface area contributed by atoms with Crippen molar-refractivity contribution in [3.8, 4) is 0 Å². The van der Waals surface area contributed by atoms with Crippen LogP contribution >= 0.6 is 12.8 Å². The Morgan fingerprint density at radius 3 is 2.78 bits per heavy atom. The summed E-state index contributed by atoms with van der Waals surface area (Å²) in [5.74, 6) is 0.229. The largest absolute Gasteiger partial charge is 0.309 e. The molecule has 0 aromatic rings. The Bertz CT molecular complexity index is 128. The Hall–Kier alpha value is -0.0600. The van der Waals surface area contributed by atoms with Crippen molar-refractivity contribution >= 4 is 18.6 Å². The van der Waals surface area contributed by atoms with Gasteiger partial charge in [-0.25, -0.2) is 4.31 Å². The van der Waals surface area contributed by atoms with Crippen LogP contribution in [0.3, 0.4) is 0 Å². The van der Waals surface area contributed by atoms with Gasteiger partial charge in [0.2, 0.25) is 0 Å². The smallest absolute Gasteiger partial charge is 0.165 e. The van der Waals surface area contributed by atoms with Gasteiger partial charge in [0.15, 0.2) is 5.78 Å². The summed E-state index contributed by atoms with van der Waals surface area (Å²) in [4.78, 5) is 10.9. The van der Waals surface area contributed by atoms with E-state index in [4.69, 9.17) is 0 Å². The first-order chi connectivity index (χ1) is 4.24. The minimum absolute atomic E-state index is 0.00231. The molecule has 1 fully saturated rings. The molecule has 0 saturated carbocycles. The summed E-state index contributed by atoms with van der Waals surface area (Å²) in [5.41, 5.74) is 0. The normalized spacial score (nSPS) is 29.6. The Morgan fingerprint density at radius 2 is 2.56 bits per heavy atom. The molecule has 0 aliphatic carbocycles. The third kappa shape index (κ3) is 1.44. The molecule has 52 valence electrons. The zero-order chi connectivity index (χ0) is 6.85. The second-order valence-corrected chi connectivity index (χ2v) is 2.72. The van der Waals surface area contributed by atoms with Gasteiger partial charge in [0, 0.05) is 6.54 Å². The number of hydrogen-bond acceptors (Lipinski definition) is 4. The maximum Gasteiger partial charge on any atom is 0.165 e.